The van der Waals surface area contributed by atoms with E-state index in [4.69, 9.17) is 4.42 Å². The normalized spacial score (nSPS) is 30.4. The number of hydrogen-bond acceptors (Lipinski definition) is 4. The molecule has 3 unspecified atom stereocenters. The van der Waals surface area contributed by atoms with Crippen LogP contribution in [0.25, 0.3) is 0 Å². The molecule has 3 rings (SSSR count). The van der Waals surface area contributed by atoms with Crippen molar-refractivity contribution in [1.29, 1.82) is 0 Å². The highest BCUT2D eigenvalue weighted by Crippen LogP contribution is 2.26. The zero-order chi connectivity index (χ0) is 14.7. The van der Waals surface area contributed by atoms with Crippen molar-refractivity contribution in [2.24, 2.45) is 5.92 Å². The second-order valence-corrected chi connectivity index (χ2v) is 6.89. The van der Waals surface area contributed by atoms with Gasteiger partial charge < -0.3 is 14.6 Å². The maximum atomic E-state index is 5.76. The lowest BCUT2D eigenvalue weighted by Gasteiger charge is -2.40. The molecule has 1 N–H and O–H groups in total. The van der Waals surface area contributed by atoms with E-state index in [0.29, 0.717) is 12.1 Å². The molecule has 118 valence electrons. The summed E-state index contributed by atoms with van der Waals surface area (Å²) >= 11 is 0. The molecule has 4 heteroatoms. The van der Waals surface area contributed by atoms with Crippen LogP contribution in [0.1, 0.15) is 38.5 Å². The van der Waals surface area contributed by atoms with Crippen LogP contribution in [0.15, 0.2) is 22.8 Å². The minimum absolute atomic E-state index is 0.398. The number of likely N-dealkylation sites (tertiary alicyclic amines) is 1. The third kappa shape index (κ3) is 3.87. The number of piperidine rings is 1. The smallest absolute Gasteiger partial charge is 0.122 e. The lowest BCUT2D eigenvalue weighted by Crippen LogP contribution is -2.52. The summed E-state index contributed by atoms with van der Waals surface area (Å²) in [7, 11) is 0. The van der Waals surface area contributed by atoms with Crippen LogP contribution < -0.4 is 5.32 Å². The number of piperazine rings is 1. The van der Waals surface area contributed by atoms with E-state index in [1.165, 1.54) is 25.9 Å². The van der Waals surface area contributed by atoms with Crippen molar-refractivity contribution in [2.75, 3.05) is 39.3 Å². The Balaban J connectivity index is 1.70. The van der Waals surface area contributed by atoms with Crippen LogP contribution in [-0.4, -0.2) is 55.1 Å². The second-order valence-electron chi connectivity index (χ2n) is 6.89. The van der Waals surface area contributed by atoms with E-state index in [0.717, 1.165) is 37.9 Å². The summed E-state index contributed by atoms with van der Waals surface area (Å²) in [6.07, 6.45) is 4.53. The topological polar surface area (TPSA) is 31.7 Å². The quantitative estimate of drug-likeness (QED) is 0.923. The van der Waals surface area contributed by atoms with Gasteiger partial charge in [-0.2, -0.15) is 0 Å². The molecule has 3 heterocycles. The summed E-state index contributed by atoms with van der Waals surface area (Å²) in [5.41, 5.74) is 0. The van der Waals surface area contributed by atoms with E-state index in [1.54, 1.807) is 0 Å². The van der Waals surface area contributed by atoms with Gasteiger partial charge in [-0.05, 0) is 44.4 Å². The Kier molecular flexibility index (Phi) is 4.99. The molecule has 2 aliphatic rings. The average molecular weight is 291 g/mol. The van der Waals surface area contributed by atoms with E-state index in [1.807, 2.05) is 12.3 Å². The first-order valence-corrected chi connectivity index (χ1v) is 8.45. The molecular weight excluding hydrogens is 262 g/mol. The van der Waals surface area contributed by atoms with E-state index in [2.05, 4.69) is 35.0 Å². The van der Waals surface area contributed by atoms with Gasteiger partial charge in [0, 0.05) is 38.8 Å². The molecule has 0 aromatic carbocycles. The molecule has 0 amide bonds. The number of nitrogens with one attached hydrogen (secondary N) is 1. The SMILES string of the molecule is CC1CCCN(CC(c2ccco2)N2CCNC(C)C2)C1. The van der Waals surface area contributed by atoms with Gasteiger partial charge in [0.05, 0.1) is 12.3 Å². The van der Waals surface area contributed by atoms with Gasteiger partial charge in [-0.25, -0.2) is 0 Å². The predicted molar refractivity (Wildman–Crippen MR) is 85.3 cm³/mol. The molecule has 0 aliphatic carbocycles. The van der Waals surface area contributed by atoms with E-state index >= 15 is 0 Å². The predicted octanol–water partition coefficient (Wildman–Crippen LogP) is 2.35. The van der Waals surface area contributed by atoms with Crippen molar-refractivity contribution in [1.82, 2.24) is 15.1 Å². The number of hydrogen-bond donors (Lipinski definition) is 1. The Hall–Kier alpha value is -0.840. The monoisotopic (exact) mass is 291 g/mol. The van der Waals surface area contributed by atoms with Crippen LogP contribution in [0.4, 0.5) is 0 Å². The van der Waals surface area contributed by atoms with Gasteiger partial charge in [-0.1, -0.05) is 6.92 Å². The summed E-state index contributed by atoms with van der Waals surface area (Å²) in [6, 6.07) is 5.13. The fourth-order valence-corrected chi connectivity index (χ4v) is 3.81. The molecule has 1 aromatic rings. The van der Waals surface area contributed by atoms with Gasteiger partial charge in [0.15, 0.2) is 0 Å². The average Bonchev–Trinajstić information content (AvgIpc) is 2.99. The van der Waals surface area contributed by atoms with Crippen molar-refractivity contribution < 1.29 is 4.42 Å². The highest BCUT2D eigenvalue weighted by atomic mass is 16.3. The van der Waals surface area contributed by atoms with Gasteiger partial charge in [0.2, 0.25) is 0 Å². The minimum Gasteiger partial charge on any atom is -0.468 e. The van der Waals surface area contributed by atoms with Crippen molar-refractivity contribution in [3.8, 4) is 0 Å². The summed E-state index contributed by atoms with van der Waals surface area (Å²) in [4.78, 5) is 5.23. The molecule has 0 bridgehead atoms. The zero-order valence-corrected chi connectivity index (χ0v) is 13.4. The number of nitrogens with zero attached hydrogens (tertiary/aromatic N) is 2. The fourth-order valence-electron chi connectivity index (χ4n) is 3.81. The van der Waals surface area contributed by atoms with E-state index in [-0.39, 0.29) is 0 Å². The van der Waals surface area contributed by atoms with Crippen LogP contribution in [-0.2, 0) is 0 Å². The largest absolute Gasteiger partial charge is 0.468 e. The van der Waals surface area contributed by atoms with Crippen molar-refractivity contribution in [3.05, 3.63) is 24.2 Å². The number of furan rings is 1. The zero-order valence-electron chi connectivity index (χ0n) is 13.4. The summed E-state index contributed by atoms with van der Waals surface area (Å²) < 4.78 is 5.76. The Labute approximate surface area is 128 Å². The molecule has 3 atom stereocenters. The van der Waals surface area contributed by atoms with Gasteiger partial charge in [0.1, 0.15) is 5.76 Å². The Morgan fingerprint density at radius 1 is 1.33 bits per heavy atom. The molecule has 2 fully saturated rings. The Morgan fingerprint density at radius 2 is 2.24 bits per heavy atom. The summed E-state index contributed by atoms with van der Waals surface area (Å²) in [5.74, 6) is 1.96. The van der Waals surface area contributed by atoms with Crippen molar-refractivity contribution in [3.63, 3.8) is 0 Å². The van der Waals surface area contributed by atoms with Gasteiger partial charge >= 0.3 is 0 Å². The molecule has 2 aliphatic heterocycles. The van der Waals surface area contributed by atoms with Gasteiger partial charge in [-0.15, -0.1) is 0 Å². The summed E-state index contributed by atoms with van der Waals surface area (Å²) in [6.45, 7) is 11.5. The third-order valence-corrected chi connectivity index (χ3v) is 4.88. The first-order valence-electron chi connectivity index (χ1n) is 8.45. The lowest BCUT2D eigenvalue weighted by atomic mass is 9.99. The molecule has 4 nitrogen and oxygen atoms in total. The summed E-state index contributed by atoms with van der Waals surface area (Å²) in [5, 5.41) is 3.54. The molecule has 0 radical (unpaired) electrons. The van der Waals surface area contributed by atoms with Crippen molar-refractivity contribution in [2.45, 2.75) is 38.8 Å². The second kappa shape index (κ2) is 6.95. The van der Waals surface area contributed by atoms with E-state index in [9.17, 15) is 0 Å². The molecule has 2 saturated heterocycles. The molecule has 1 aromatic heterocycles. The van der Waals surface area contributed by atoms with E-state index < -0.39 is 0 Å². The van der Waals surface area contributed by atoms with Crippen LogP contribution in [0, 0.1) is 5.92 Å². The maximum absolute atomic E-state index is 5.76. The Bertz CT molecular complexity index is 420. The van der Waals surface area contributed by atoms with Crippen LogP contribution in [0.2, 0.25) is 0 Å². The Morgan fingerprint density at radius 3 is 2.95 bits per heavy atom. The standard InChI is InChI=1S/C17H29N3O/c1-14-5-3-8-19(11-14)13-16(17-6-4-10-21-17)20-9-7-18-15(2)12-20/h4,6,10,14-16,18H,3,5,7-9,11-13H2,1-2H3. The van der Waals surface area contributed by atoms with Crippen LogP contribution in [0.5, 0.6) is 0 Å². The highest BCUT2D eigenvalue weighted by Gasteiger charge is 2.29. The first-order chi connectivity index (χ1) is 10.2. The van der Waals surface area contributed by atoms with Gasteiger partial charge in [0.25, 0.3) is 0 Å². The third-order valence-electron chi connectivity index (χ3n) is 4.88. The first kappa shape index (κ1) is 15.1. The minimum atomic E-state index is 0.398. The van der Waals surface area contributed by atoms with Crippen LogP contribution in [0.3, 0.4) is 0 Å². The molecular formula is C17H29N3O. The van der Waals surface area contributed by atoms with Crippen molar-refractivity contribution >= 4 is 0 Å². The van der Waals surface area contributed by atoms with Gasteiger partial charge in [-0.3, -0.25) is 4.90 Å². The highest BCUT2D eigenvalue weighted by molar-refractivity contribution is 5.06. The molecule has 0 spiro atoms. The fraction of sp³-hybridized carbons (Fsp3) is 0.765. The molecule has 0 saturated carbocycles. The molecule has 21 heavy (non-hydrogen) atoms. The number of rotatable bonds is 4. The lowest BCUT2D eigenvalue weighted by molar-refractivity contribution is 0.0785. The van der Waals surface area contributed by atoms with Crippen LogP contribution >= 0.6 is 0 Å². The maximum Gasteiger partial charge on any atom is 0.122 e.